The highest BCUT2D eigenvalue weighted by molar-refractivity contribution is 5.81. The minimum atomic E-state index is -0.822. The van der Waals surface area contributed by atoms with Crippen molar-refractivity contribution in [3.05, 3.63) is 24.3 Å². The van der Waals surface area contributed by atoms with Crippen LogP contribution in [-0.2, 0) is 4.79 Å². The van der Waals surface area contributed by atoms with Crippen molar-refractivity contribution in [1.29, 1.82) is 0 Å². The largest absolute Gasteiger partial charge is 0.480 e. The van der Waals surface area contributed by atoms with Crippen molar-refractivity contribution in [2.45, 2.75) is 32.2 Å². The van der Waals surface area contributed by atoms with E-state index in [1.165, 1.54) is 0 Å². The molecule has 0 unspecified atom stereocenters. The molecule has 1 saturated heterocycles. The molecule has 0 aliphatic carbocycles. The summed E-state index contributed by atoms with van der Waals surface area (Å²) in [5.74, 6) is 0.124. The molecule has 2 heterocycles. The van der Waals surface area contributed by atoms with Crippen LogP contribution in [0.1, 0.15) is 26.2 Å². The first-order valence-electron chi connectivity index (χ1n) is 7.59. The molecule has 1 atom stereocenters. The van der Waals surface area contributed by atoms with Crippen molar-refractivity contribution in [3.63, 3.8) is 0 Å². The Balaban J connectivity index is 2.10. The predicted molar refractivity (Wildman–Crippen MR) is 83.3 cm³/mol. The molecule has 2 aromatic rings. The smallest absolute Gasteiger partial charge is 0.326 e. The SMILES string of the molecule is CCOc1nc2ccccc2nc1N1CCCC[C@H]1C(=O)O. The summed E-state index contributed by atoms with van der Waals surface area (Å²) in [5, 5.41) is 9.47. The number of anilines is 1. The van der Waals surface area contributed by atoms with Gasteiger partial charge in [-0.1, -0.05) is 12.1 Å². The summed E-state index contributed by atoms with van der Waals surface area (Å²) in [5.41, 5.74) is 1.49. The minimum absolute atomic E-state index is 0.411. The van der Waals surface area contributed by atoms with Crippen LogP contribution in [0.2, 0.25) is 0 Å². The molecule has 0 saturated carbocycles. The third-order valence-corrected chi connectivity index (χ3v) is 3.86. The second kappa shape index (κ2) is 6.17. The summed E-state index contributed by atoms with van der Waals surface area (Å²) in [4.78, 5) is 22.5. The van der Waals surface area contributed by atoms with Gasteiger partial charge in [-0.15, -0.1) is 0 Å². The van der Waals surface area contributed by atoms with Gasteiger partial charge < -0.3 is 14.7 Å². The number of aromatic nitrogens is 2. The van der Waals surface area contributed by atoms with Crippen LogP contribution >= 0.6 is 0 Å². The number of hydrogen-bond donors (Lipinski definition) is 1. The summed E-state index contributed by atoms with van der Waals surface area (Å²) < 4.78 is 5.62. The van der Waals surface area contributed by atoms with Gasteiger partial charge in [-0.25, -0.2) is 14.8 Å². The third kappa shape index (κ3) is 2.68. The van der Waals surface area contributed by atoms with E-state index in [2.05, 4.69) is 9.97 Å². The van der Waals surface area contributed by atoms with Crippen LogP contribution in [0.5, 0.6) is 5.88 Å². The molecule has 116 valence electrons. The van der Waals surface area contributed by atoms with Crippen molar-refractivity contribution in [2.24, 2.45) is 0 Å². The second-order valence-electron chi connectivity index (χ2n) is 5.32. The number of rotatable bonds is 4. The van der Waals surface area contributed by atoms with E-state index < -0.39 is 12.0 Å². The second-order valence-corrected chi connectivity index (χ2v) is 5.32. The van der Waals surface area contributed by atoms with Crippen LogP contribution in [0.4, 0.5) is 5.82 Å². The van der Waals surface area contributed by atoms with Gasteiger partial charge in [-0.2, -0.15) is 0 Å². The molecule has 3 rings (SSSR count). The molecule has 6 nitrogen and oxygen atoms in total. The Morgan fingerprint density at radius 2 is 2.05 bits per heavy atom. The molecular weight excluding hydrogens is 282 g/mol. The van der Waals surface area contributed by atoms with Crippen molar-refractivity contribution in [2.75, 3.05) is 18.1 Å². The van der Waals surface area contributed by atoms with Crippen molar-refractivity contribution in [3.8, 4) is 5.88 Å². The van der Waals surface area contributed by atoms with Crippen LogP contribution in [0.15, 0.2) is 24.3 Å². The number of nitrogens with zero attached hydrogens (tertiary/aromatic N) is 3. The van der Waals surface area contributed by atoms with Crippen LogP contribution in [0.3, 0.4) is 0 Å². The number of carboxylic acids is 1. The summed E-state index contributed by atoms with van der Waals surface area (Å²) in [6, 6.07) is 6.98. The number of aliphatic carboxylic acids is 1. The highest BCUT2D eigenvalue weighted by atomic mass is 16.5. The first kappa shape index (κ1) is 14.6. The molecule has 1 aliphatic heterocycles. The molecule has 1 aromatic carbocycles. The monoisotopic (exact) mass is 301 g/mol. The van der Waals surface area contributed by atoms with Gasteiger partial charge in [0.15, 0.2) is 5.82 Å². The Bertz CT molecular complexity index is 689. The lowest BCUT2D eigenvalue weighted by Gasteiger charge is -2.34. The maximum Gasteiger partial charge on any atom is 0.326 e. The number of para-hydroxylation sites is 2. The molecule has 0 amide bonds. The van der Waals surface area contributed by atoms with Gasteiger partial charge in [0, 0.05) is 6.54 Å². The molecule has 0 bridgehead atoms. The van der Waals surface area contributed by atoms with Gasteiger partial charge in [0.1, 0.15) is 6.04 Å². The minimum Gasteiger partial charge on any atom is -0.480 e. The fraction of sp³-hybridized carbons (Fsp3) is 0.438. The number of fused-ring (bicyclic) bond motifs is 1. The summed E-state index contributed by atoms with van der Waals surface area (Å²) >= 11 is 0. The van der Waals surface area contributed by atoms with E-state index in [-0.39, 0.29) is 0 Å². The zero-order valence-electron chi connectivity index (χ0n) is 12.5. The predicted octanol–water partition coefficient (Wildman–Crippen LogP) is 2.47. The first-order chi connectivity index (χ1) is 10.7. The van der Waals surface area contributed by atoms with E-state index in [0.29, 0.717) is 31.3 Å². The fourth-order valence-corrected chi connectivity index (χ4v) is 2.84. The van der Waals surface area contributed by atoms with Gasteiger partial charge in [0.05, 0.1) is 17.6 Å². The Labute approximate surface area is 128 Å². The topological polar surface area (TPSA) is 75.6 Å². The van der Waals surface area contributed by atoms with Crippen LogP contribution in [0, 0.1) is 0 Å². The van der Waals surface area contributed by atoms with E-state index >= 15 is 0 Å². The molecule has 1 aromatic heterocycles. The number of carbonyl (C=O) groups is 1. The summed E-state index contributed by atoms with van der Waals surface area (Å²) in [6.07, 6.45) is 2.48. The van der Waals surface area contributed by atoms with E-state index in [1.807, 2.05) is 36.1 Å². The zero-order valence-corrected chi connectivity index (χ0v) is 12.5. The average molecular weight is 301 g/mol. The lowest BCUT2D eigenvalue weighted by Crippen LogP contribution is -2.45. The van der Waals surface area contributed by atoms with Gasteiger partial charge >= 0.3 is 5.97 Å². The normalized spacial score (nSPS) is 18.4. The highest BCUT2D eigenvalue weighted by Crippen LogP contribution is 2.31. The van der Waals surface area contributed by atoms with Gasteiger partial charge in [0.2, 0.25) is 0 Å². The first-order valence-corrected chi connectivity index (χ1v) is 7.59. The van der Waals surface area contributed by atoms with Crippen molar-refractivity contribution >= 4 is 22.8 Å². The molecule has 22 heavy (non-hydrogen) atoms. The quantitative estimate of drug-likeness (QED) is 0.935. The number of benzene rings is 1. The Morgan fingerprint density at radius 1 is 1.32 bits per heavy atom. The summed E-state index contributed by atoms with van der Waals surface area (Å²) in [7, 11) is 0. The molecule has 1 fully saturated rings. The maximum atomic E-state index is 11.5. The molecule has 0 radical (unpaired) electrons. The van der Waals surface area contributed by atoms with Gasteiger partial charge in [0.25, 0.3) is 5.88 Å². The maximum absolute atomic E-state index is 11.5. The Morgan fingerprint density at radius 3 is 2.73 bits per heavy atom. The van der Waals surface area contributed by atoms with Crippen LogP contribution < -0.4 is 9.64 Å². The number of ether oxygens (including phenoxy) is 1. The highest BCUT2D eigenvalue weighted by Gasteiger charge is 2.32. The molecule has 6 heteroatoms. The summed E-state index contributed by atoms with van der Waals surface area (Å²) in [6.45, 7) is 3.00. The number of carboxylic acid groups (broad SMARTS) is 1. The zero-order chi connectivity index (χ0) is 15.5. The van der Waals surface area contributed by atoms with Gasteiger partial charge in [-0.05, 0) is 38.3 Å². The Kier molecular flexibility index (Phi) is 4.09. The molecule has 1 N–H and O–H groups in total. The Hall–Kier alpha value is -2.37. The van der Waals surface area contributed by atoms with Crippen LogP contribution in [0.25, 0.3) is 11.0 Å². The van der Waals surface area contributed by atoms with E-state index in [0.717, 1.165) is 23.9 Å². The van der Waals surface area contributed by atoms with Crippen LogP contribution in [-0.4, -0.2) is 40.2 Å². The lowest BCUT2D eigenvalue weighted by atomic mass is 10.0. The van der Waals surface area contributed by atoms with Crippen molar-refractivity contribution in [1.82, 2.24) is 9.97 Å². The van der Waals surface area contributed by atoms with Crippen molar-refractivity contribution < 1.29 is 14.6 Å². The van der Waals surface area contributed by atoms with E-state index in [9.17, 15) is 9.90 Å². The third-order valence-electron chi connectivity index (χ3n) is 3.86. The van der Waals surface area contributed by atoms with Gasteiger partial charge in [-0.3, -0.25) is 0 Å². The average Bonchev–Trinajstić information content (AvgIpc) is 2.54. The fourth-order valence-electron chi connectivity index (χ4n) is 2.84. The molecule has 0 spiro atoms. The molecular formula is C16H19N3O3. The lowest BCUT2D eigenvalue weighted by molar-refractivity contribution is -0.139. The number of piperidine rings is 1. The van der Waals surface area contributed by atoms with E-state index in [1.54, 1.807) is 0 Å². The van der Waals surface area contributed by atoms with E-state index in [4.69, 9.17) is 4.74 Å². The molecule has 1 aliphatic rings. The number of hydrogen-bond acceptors (Lipinski definition) is 5. The standard InChI is InChI=1S/C16H19N3O3/c1-2-22-15-14(17-11-7-3-4-8-12(11)18-15)19-10-6-5-9-13(19)16(20)21/h3-4,7-8,13H,2,5-6,9-10H2,1H3,(H,20,21)/t13-/m0/s1.